The summed E-state index contributed by atoms with van der Waals surface area (Å²) >= 11 is 0. The molecule has 1 aliphatic carbocycles. The quantitative estimate of drug-likeness (QED) is 0.284. The van der Waals surface area contributed by atoms with Gasteiger partial charge in [0.2, 0.25) is 11.8 Å². The Balaban J connectivity index is 2.17. The number of ether oxygens (including phenoxy) is 1. The van der Waals surface area contributed by atoms with Crippen LogP contribution in [-0.2, 0) is 19.1 Å². The minimum Gasteiger partial charge on any atom is -0.469 e. The van der Waals surface area contributed by atoms with Crippen molar-refractivity contribution in [2.24, 2.45) is 22.1 Å². The van der Waals surface area contributed by atoms with Gasteiger partial charge in [0.05, 0.1) is 13.0 Å². The molecule has 8 heteroatoms. The van der Waals surface area contributed by atoms with Crippen LogP contribution in [0, 0.1) is 24.2 Å². The number of methoxy groups -OCH3 is 1. The predicted molar refractivity (Wildman–Crippen MR) is 121 cm³/mol. The Bertz CT molecular complexity index is 788. The summed E-state index contributed by atoms with van der Waals surface area (Å²) in [6.45, 7) is 4.45. The maximum Gasteiger partial charge on any atom is 0.308 e. The van der Waals surface area contributed by atoms with Gasteiger partial charge in [0.15, 0.2) is 5.66 Å². The number of hydrogen-bond donors (Lipinski definition) is 1. The van der Waals surface area contributed by atoms with Gasteiger partial charge >= 0.3 is 5.97 Å². The fourth-order valence-electron chi connectivity index (χ4n) is 4.47. The minimum absolute atomic E-state index is 0.0968. The van der Waals surface area contributed by atoms with Crippen LogP contribution in [0.5, 0.6) is 0 Å². The van der Waals surface area contributed by atoms with Gasteiger partial charge < -0.3 is 15.0 Å². The van der Waals surface area contributed by atoms with Crippen molar-refractivity contribution in [2.75, 3.05) is 20.7 Å². The van der Waals surface area contributed by atoms with Crippen molar-refractivity contribution in [3.63, 3.8) is 0 Å². The molecule has 2 amide bonds. The van der Waals surface area contributed by atoms with Crippen LogP contribution < -0.4 is 5.32 Å². The fraction of sp³-hybridized carbons (Fsp3) is 0.708. The number of hydrogen-bond acceptors (Lipinski definition) is 6. The molecule has 3 atom stereocenters. The highest BCUT2D eigenvalue weighted by Gasteiger charge is 2.43. The van der Waals surface area contributed by atoms with Crippen LogP contribution in [0.2, 0.25) is 0 Å². The van der Waals surface area contributed by atoms with Gasteiger partial charge in [-0.25, -0.2) is 0 Å². The largest absolute Gasteiger partial charge is 0.469 e. The van der Waals surface area contributed by atoms with Gasteiger partial charge in [-0.05, 0) is 45.4 Å². The molecule has 1 aliphatic heterocycles. The maximum absolute atomic E-state index is 13.4. The summed E-state index contributed by atoms with van der Waals surface area (Å²) < 4.78 is 4.90. The number of terminal acetylenes is 1. The van der Waals surface area contributed by atoms with E-state index in [9.17, 15) is 14.4 Å². The lowest BCUT2D eigenvalue weighted by atomic mass is 9.93. The van der Waals surface area contributed by atoms with Crippen molar-refractivity contribution < 1.29 is 19.1 Å². The van der Waals surface area contributed by atoms with Crippen LogP contribution in [0.25, 0.3) is 0 Å². The van der Waals surface area contributed by atoms with Crippen LogP contribution in [0.1, 0.15) is 65.2 Å². The number of rotatable bonds is 12. The molecule has 0 aromatic carbocycles. The van der Waals surface area contributed by atoms with Gasteiger partial charge in [-0.3, -0.25) is 14.4 Å². The van der Waals surface area contributed by atoms with Crippen LogP contribution >= 0.6 is 0 Å². The number of esters is 1. The Labute approximate surface area is 191 Å². The summed E-state index contributed by atoms with van der Waals surface area (Å²) in [5.41, 5.74) is 0.615. The molecule has 1 unspecified atom stereocenters. The Hall–Kier alpha value is -2.69. The second-order valence-electron chi connectivity index (χ2n) is 8.90. The molecule has 0 bridgehead atoms. The highest BCUT2D eigenvalue weighted by atomic mass is 16.5. The Morgan fingerprint density at radius 1 is 1.28 bits per heavy atom. The van der Waals surface area contributed by atoms with E-state index < -0.39 is 11.7 Å². The second-order valence-corrected chi connectivity index (χ2v) is 8.90. The van der Waals surface area contributed by atoms with Crippen LogP contribution in [-0.4, -0.2) is 55.1 Å². The van der Waals surface area contributed by atoms with Gasteiger partial charge in [-0.15, -0.1) is 12.3 Å². The second kappa shape index (κ2) is 11.8. The topological polar surface area (TPSA) is 100 Å². The molecule has 8 nitrogen and oxygen atoms in total. The fourth-order valence-corrected chi connectivity index (χ4v) is 4.47. The van der Waals surface area contributed by atoms with E-state index in [-0.39, 0.29) is 36.0 Å². The number of nitrogens with one attached hydrogen (secondary N) is 1. The van der Waals surface area contributed by atoms with E-state index in [0.717, 1.165) is 5.57 Å². The standard InChI is InChI=1S/C24H36N4O4/c1-6-7-13-24(26-27-24)14-12-20(29)28(15-8-9-17(2)3)21(22(30)25-4)18-10-11-19(16-18)23(31)32-5/h1,9,18-19,21H,7-8,10-16H2,2-5H3,(H,25,30)/t18-,19+,21?/m1/s1. The van der Waals surface area contributed by atoms with Crippen LogP contribution in [0.3, 0.4) is 0 Å². The van der Waals surface area contributed by atoms with Gasteiger partial charge in [0.25, 0.3) is 0 Å². The van der Waals surface area contributed by atoms with Crippen molar-refractivity contribution in [2.45, 2.75) is 76.9 Å². The number of carbonyl (C=O) groups excluding carboxylic acids is 3. The third-order valence-electron chi connectivity index (χ3n) is 6.34. The van der Waals surface area contributed by atoms with Crippen molar-refractivity contribution in [1.82, 2.24) is 10.2 Å². The van der Waals surface area contributed by atoms with Crippen molar-refractivity contribution in [3.8, 4) is 12.3 Å². The van der Waals surface area contributed by atoms with E-state index >= 15 is 0 Å². The zero-order valence-electron chi connectivity index (χ0n) is 19.7. The van der Waals surface area contributed by atoms with Crippen molar-refractivity contribution in [3.05, 3.63) is 11.6 Å². The molecule has 1 heterocycles. The van der Waals surface area contributed by atoms with E-state index in [1.165, 1.54) is 7.11 Å². The first kappa shape index (κ1) is 25.6. The normalized spacial score (nSPS) is 21.2. The monoisotopic (exact) mass is 444 g/mol. The number of amides is 2. The molecule has 0 saturated heterocycles. The molecule has 2 aliphatic rings. The minimum atomic E-state index is -0.623. The van der Waals surface area contributed by atoms with Gasteiger partial charge in [0.1, 0.15) is 6.04 Å². The molecule has 1 saturated carbocycles. The number of allylic oxidation sites excluding steroid dienone is 1. The first-order valence-corrected chi connectivity index (χ1v) is 11.4. The van der Waals surface area contributed by atoms with Crippen molar-refractivity contribution in [1.29, 1.82) is 0 Å². The first-order chi connectivity index (χ1) is 15.3. The number of nitrogens with zero attached hydrogens (tertiary/aromatic N) is 3. The van der Waals surface area contributed by atoms with E-state index in [1.807, 2.05) is 13.8 Å². The first-order valence-electron chi connectivity index (χ1n) is 11.4. The Morgan fingerprint density at radius 2 is 2.00 bits per heavy atom. The molecule has 1 fully saturated rings. The summed E-state index contributed by atoms with van der Waals surface area (Å²) in [5.74, 6) is 1.72. The molecule has 1 N–H and O–H groups in total. The summed E-state index contributed by atoms with van der Waals surface area (Å²) in [4.78, 5) is 40.0. The summed E-state index contributed by atoms with van der Waals surface area (Å²) in [6.07, 6.45) is 11.9. The molecule has 32 heavy (non-hydrogen) atoms. The van der Waals surface area contributed by atoms with E-state index in [2.05, 4.69) is 27.5 Å². The highest BCUT2D eigenvalue weighted by Crippen LogP contribution is 2.39. The average molecular weight is 445 g/mol. The summed E-state index contributed by atoms with van der Waals surface area (Å²) in [7, 11) is 2.96. The van der Waals surface area contributed by atoms with Crippen molar-refractivity contribution >= 4 is 17.8 Å². The number of carbonyl (C=O) groups is 3. The SMILES string of the molecule is C#CCCC1(CCC(=O)N(CCC=C(C)C)C(C(=O)NC)[C@@H]2CC[C@H](C(=O)OC)C2)N=N1. The molecule has 0 radical (unpaired) electrons. The average Bonchev–Trinajstić information content (AvgIpc) is 3.39. The smallest absolute Gasteiger partial charge is 0.308 e. The summed E-state index contributed by atoms with van der Waals surface area (Å²) in [5, 5.41) is 11.0. The Kier molecular flexibility index (Phi) is 9.42. The van der Waals surface area contributed by atoms with E-state index in [4.69, 9.17) is 11.2 Å². The molecular formula is C24H36N4O4. The van der Waals surface area contributed by atoms with Gasteiger partial charge in [-0.2, -0.15) is 10.2 Å². The Morgan fingerprint density at radius 3 is 2.56 bits per heavy atom. The zero-order chi connectivity index (χ0) is 23.7. The van der Waals surface area contributed by atoms with Crippen LogP contribution in [0.15, 0.2) is 21.9 Å². The molecule has 176 valence electrons. The molecule has 0 aromatic heterocycles. The third kappa shape index (κ3) is 6.91. The molecular weight excluding hydrogens is 408 g/mol. The number of likely N-dealkylation sites (N-methyl/N-ethyl adjacent to an activating group) is 1. The zero-order valence-corrected chi connectivity index (χ0v) is 19.7. The van der Waals surface area contributed by atoms with Gasteiger partial charge in [0, 0.05) is 39.3 Å². The van der Waals surface area contributed by atoms with E-state index in [0.29, 0.717) is 51.5 Å². The molecule has 0 aromatic rings. The van der Waals surface area contributed by atoms with E-state index in [1.54, 1.807) is 11.9 Å². The highest BCUT2D eigenvalue weighted by molar-refractivity contribution is 5.88. The summed E-state index contributed by atoms with van der Waals surface area (Å²) in [6, 6.07) is -0.623. The molecule has 0 spiro atoms. The maximum atomic E-state index is 13.4. The third-order valence-corrected chi connectivity index (χ3v) is 6.34. The van der Waals surface area contributed by atoms with Gasteiger partial charge in [-0.1, -0.05) is 11.6 Å². The lowest BCUT2D eigenvalue weighted by molar-refractivity contribution is -0.146. The van der Waals surface area contributed by atoms with Crippen LogP contribution in [0.4, 0.5) is 0 Å². The predicted octanol–water partition coefficient (Wildman–Crippen LogP) is 3.23. The lowest BCUT2D eigenvalue weighted by Crippen LogP contribution is -2.52. The lowest BCUT2D eigenvalue weighted by Gasteiger charge is -2.34. The molecule has 2 rings (SSSR count).